The lowest BCUT2D eigenvalue weighted by molar-refractivity contribution is 0.0971. The van der Waals surface area contributed by atoms with Gasteiger partial charge in [-0.05, 0) is 59.7 Å². The first kappa shape index (κ1) is 26.7. The third-order valence-corrected chi connectivity index (χ3v) is 7.52. The number of fused-ring (bicyclic) bond motifs is 2. The van der Waals surface area contributed by atoms with Gasteiger partial charge in [0.1, 0.15) is 17.9 Å². The first-order valence-corrected chi connectivity index (χ1v) is 13.4. The van der Waals surface area contributed by atoms with Gasteiger partial charge in [-0.1, -0.05) is 59.6 Å². The van der Waals surface area contributed by atoms with Crippen LogP contribution < -0.4 is 24.5 Å². The number of carbonyl (C=O) groups excluding carboxylic acids is 1. The Kier molecular flexibility index (Phi) is 7.07. The van der Waals surface area contributed by atoms with Crippen molar-refractivity contribution in [3.63, 3.8) is 0 Å². The summed E-state index contributed by atoms with van der Waals surface area (Å²) in [5.74, 6) is 0.877. The predicted molar refractivity (Wildman–Crippen MR) is 158 cm³/mol. The third kappa shape index (κ3) is 4.77. The molecule has 1 unspecified atom stereocenters. The topological polar surface area (TPSA) is 78.2 Å². The van der Waals surface area contributed by atoms with Crippen molar-refractivity contribution in [1.29, 1.82) is 0 Å². The molecule has 6 rings (SSSR count). The molecule has 0 spiro atoms. The molecule has 4 aromatic carbocycles. The number of anilines is 1. The number of amides is 1. The Labute approximate surface area is 245 Å². The Balaban J connectivity index is 1.50. The molecule has 1 aromatic heterocycles. The molecular formula is C32H23Cl2NO6. The van der Waals surface area contributed by atoms with E-state index in [2.05, 4.69) is 0 Å². The van der Waals surface area contributed by atoms with Crippen LogP contribution in [0.15, 0.2) is 94.1 Å². The van der Waals surface area contributed by atoms with E-state index in [1.54, 1.807) is 54.6 Å². The average Bonchev–Trinajstić information content (AvgIpc) is 3.29. The van der Waals surface area contributed by atoms with Gasteiger partial charge in [0.05, 0.1) is 36.2 Å². The molecule has 2 heterocycles. The minimum Gasteiger partial charge on any atom is -0.495 e. The van der Waals surface area contributed by atoms with E-state index in [-0.39, 0.29) is 27.7 Å². The largest absolute Gasteiger partial charge is 0.495 e. The zero-order valence-electron chi connectivity index (χ0n) is 22.0. The van der Waals surface area contributed by atoms with Crippen LogP contribution in [0, 0.1) is 0 Å². The van der Waals surface area contributed by atoms with Crippen LogP contribution in [0.5, 0.6) is 17.2 Å². The van der Waals surface area contributed by atoms with E-state index in [9.17, 15) is 9.59 Å². The molecule has 0 radical (unpaired) electrons. The van der Waals surface area contributed by atoms with Gasteiger partial charge in [-0.15, -0.1) is 0 Å². The number of benzene rings is 4. The minimum atomic E-state index is -0.848. The lowest BCUT2D eigenvalue weighted by Gasteiger charge is -2.26. The highest BCUT2D eigenvalue weighted by Crippen LogP contribution is 2.44. The second kappa shape index (κ2) is 10.8. The molecule has 1 aliphatic rings. The van der Waals surface area contributed by atoms with Crippen LogP contribution >= 0.6 is 23.2 Å². The van der Waals surface area contributed by atoms with Crippen molar-refractivity contribution in [2.75, 3.05) is 19.1 Å². The van der Waals surface area contributed by atoms with Crippen molar-refractivity contribution in [2.24, 2.45) is 0 Å². The number of carbonyl (C=O) groups is 1. The zero-order chi connectivity index (χ0) is 28.7. The zero-order valence-corrected chi connectivity index (χ0v) is 23.5. The molecular weight excluding hydrogens is 565 g/mol. The maximum Gasteiger partial charge on any atom is 0.295 e. The third-order valence-electron chi connectivity index (χ3n) is 6.99. The summed E-state index contributed by atoms with van der Waals surface area (Å²) in [7, 11) is 3.04. The van der Waals surface area contributed by atoms with Gasteiger partial charge < -0.3 is 18.6 Å². The van der Waals surface area contributed by atoms with Gasteiger partial charge in [0.2, 0.25) is 5.76 Å². The number of nitrogens with zero attached hydrogens (tertiary/aromatic N) is 1. The second-order valence-electron chi connectivity index (χ2n) is 9.40. The van der Waals surface area contributed by atoms with Gasteiger partial charge in [-0.2, -0.15) is 0 Å². The summed E-state index contributed by atoms with van der Waals surface area (Å²) < 4.78 is 23.0. The Morgan fingerprint density at radius 1 is 0.829 bits per heavy atom. The number of rotatable bonds is 7. The molecule has 1 atom stereocenters. The number of methoxy groups -OCH3 is 2. The maximum absolute atomic E-state index is 13.9. The Morgan fingerprint density at radius 3 is 2.32 bits per heavy atom. The number of hydrogen-bond donors (Lipinski definition) is 0. The van der Waals surface area contributed by atoms with Crippen LogP contribution in [0.4, 0.5) is 5.69 Å². The van der Waals surface area contributed by atoms with E-state index in [1.807, 2.05) is 30.3 Å². The first-order valence-electron chi connectivity index (χ1n) is 12.7. The van der Waals surface area contributed by atoms with E-state index < -0.39 is 11.9 Å². The number of ether oxygens (including phenoxy) is 3. The van der Waals surface area contributed by atoms with Crippen LogP contribution in [0.3, 0.4) is 0 Å². The fourth-order valence-corrected chi connectivity index (χ4v) is 5.46. The van der Waals surface area contributed by atoms with Gasteiger partial charge in [-0.25, -0.2) is 0 Å². The molecule has 0 saturated carbocycles. The lowest BCUT2D eigenvalue weighted by Crippen LogP contribution is -2.29. The molecule has 0 saturated heterocycles. The summed E-state index contributed by atoms with van der Waals surface area (Å²) in [6, 6.07) is 23.9. The van der Waals surface area contributed by atoms with Crippen molar-refractivity contribution in [2.45, 2.75) is 12.6 Å². The highest BCUT2D eigenvalue weighted by atomic mass is 35.5. The quantitative estimate of drug-likeness (QED) is 0.197. The lowest BCUT2D eigenvalue weighted by atomic mass is 9.97. The van der Waals surface area contributed by atoms with Crippen LogP contribution in [0.2, 0.25) is 10.0 Å². The van der Waals surface area contributed by atoms with E-state index >= 15 is 0 Å². The van der Waals surface area contributed by atoms with Crippen molar-refractivity contribution >= 4 is 45.8 Å². The molecule has 0 aliphatic carbocycles. The summed E-state index contributed by atoms with van der Waals surface area (Å²) in [5, 5.41) is 0.968. The first-order chi connectivity index (χ1) is 19.9. The molecule has 0 N–H and O–H groups in total. The van der Waals surface area contributed by atoms with E-state index in [0.29, 0.717) is 45.2 Å². The van der Waals surface area contributed by atoms with Crippen molar-refractivity contribution in [3.8, 4) is 17.2 Å². The molecule has 7 nitrogen and oxygen atoms in total. The van der Waals surface area contributed by atoms with Gasteiger partial charge in [0.25, 0.3) is 5.91 Å². The van der Waals surface area contributed by atoms with Crippen molar-refractivity contribution in [1.82, 2.24) is 0 Å². The van der Waals surface area contributed by atoms with Gasteiger partial charge in [0.15, 0.2) is 16.9 Å². The maximum atomic E-state index is 13.9. The van der Waals surface area contributed by atoms with Gasteiger partial charge in [0, 0.05) is 10.7 Å². The molecule has 5 aromatic rings. The van der Waals surface area contributed by atoms with Crippen LogP contribution in [-0.4, -0.2) is 20.1 Å². The summed E-state index contributed by atoms with van der Waals surface area (Å²) >= 11 is 12.7. The van der Waals surface area contributed by atoms with Crippen LogP contribution in [-0.2, 0) is 6.61 Å². The molecule has 0 bridgehead atoms. The predicted octanol–water partition coefficient (Wildman–Crippen LogP) is 7.45. The molecule has 1 amide bonds. The average molecular weight is 588 g/mol. The normalized spacial score (nSPS) is 14.3. The number of hydrogen-bond acceptors (Lipinski definition) is 6. The SMILES string of the molecule is COc1ccc(N2C(=O)c3oc4ccc(Cl)cc4c(=O)c3C2c2ccc(OCc3ccccc3)c(OC)c2)cc1Cl. The van der Waals surface area contributed by atoms with Gasteiger partial charge in [-0.3, -0.25) is 14.5 Å². The van der Waals surface area contributed by atoms with E-state index in [0.717, 1.165) is 5.56 Å². The highest BCUT2D eigenvalue weighted by molar-refractivity contribution is 6.32. The minimum absolute atomic E-state index is 0.0508. The molecule has 1 aliphatic heterocycles. The Hall–Kier alpha value is -4.46. The fraction of sp³-hybridized carbons (Fsp3) is 0.125. The summed E-state index contributed by atoms with van der Waals surface area (Å²) in [6.45, 7) is 0.341. The fourth-order valence-electron chi connectivity index (χ4n) is 5.04. The standard InChI is InChI=1S/C32H23Cl2NO6/c1-38-25-13-10-21(16-23(25)34)35-29(28-30(36)22-15-20(33)9-12-24(22)41-31(28)32(35)37)19-8-11-26(27(14-19)39-2)40-17-18-6-4-3-5-7-18/h3-16,29H,17H2,1-2H3. The molecule has 41 heavy (non-hydrogen) atoms. The monoisotopic (exact) mass is 587 g/mol. The molecule has 206 valence electrons. The molecule has 9 heteroatoms. The number of halogens is 2. The van der Waals surface area contributed by atoms with E-state index in [1.165, 1.54) is 19.1 Å². The highest BCUT2D eigenvalue weighted by Gasteiger charge is 2.44. The van der Waals surface area contributed by atoms with Gasteiger partial charge >= 0.3 is 0 Å². The summed E-state index contributed by atoms with van der Waals surface area (Å²) in [4.78, 5) is 29.3. The van der Waals surface area contributed by atoms with Crippen molar-refractivity contribution < 1.29 is 23.4 Å². The van der Waals surface area contributed by atoms with Crippen LogP contribution in [0.25, 0.3) is 11.0 Å². The molecule has 0 fully saturated rings. The summed E-state index contributed by atoms with van der Waals surface area (Å²) in [6.07, 6.45) is 0. The summed E-state index contributed by atoms with van der Waals surface area (Å²) in [5.41, 5.74) is 2.18. The van der Waals surface area contributed by atoms with Crippen molar-refractivity contribution in [3.05, 3.63) is 128 Å². The van der Waals surface area contributed by atoms with E-state index in [4.69, 9.17) is 41.8 Å². The smallest absolute Gasteiger partial charge is 0.295 e. The second-order valence-corrected chi connectivity index (χ2v) is 10.2. The van der Waals surface area contributed by atoms with Crippen LogP contribution in [0.1, 0.15) is 33.3 Å². The Bertz CT molecular complexity index is 1850. The Morgan fingerprint density at radius 2 is 1.59 bits per heavy atom.